The minimum atomic E-state index is -4.42. The predicted molar refractivity (Wildman–Crippen MR) is 32.8 cm³/mol. The second-order valence-corrected chi connectivity index (χ2v) is 2.54. The van der Waals surface area contributed by atoms with E-state index >= 15 is 0 Å². The van der Waals surface area contributed by atoms with E-state index in [9.17, 15) is 13.2 Å². The molecule has 0 amide bonds. The van der Waals surface area contributed by atoms with Crippen LogP contribution < -0.4 is 0 Å². The van der Waals surface area contributed by atoms with E-state index in [2.05, 4.69) is 9.05 Å². The fourth-order valence-corrected chi connectivity index (χ4v) is 0.828. The van der Waals surface area contributed by atoms with Crippen LogP contribution in [0.5, 0.6) is 0 Å². The monoisotopic (exact) mass is 192 g/mol. The molecular formula is C4H8F3O3P. The van der Waals surface area contributed by atoms with Gasteiger partial charge in [-0.2, -0.15) is 13.2 Å². The molecule has 0 radical (unpaired) electrons. The first kappa shape index (κ1) is 11.1. The third kappa shape index (κ3) is 8.00. The summed E-state index contributed by atoms with van der Waals surface area (Å²) < 4.78 is 42.4. The summed E-state index contributed by atoms with van der Waals surface area (Å²) in [4.78, 5) is 8.53. The summed E-state index contributed by atoms with van der Waals surface area (Å²) in [5, 5.41) is 0. The molecule has 0 aliphatic carbocycles. The van der Waals surface area contributed by atoms with Gasteiger partial charge in [0.05, 0.1) is 6.61 Å². The van der Waals surface area contributed by atoms with Crippen LogP contribution in [0.4, 0.5) is 13.2 Å². The first-order valence-electron chi connectivity index (χ1n) is 2.77. The van der Waals surface area contributed by atoms with Crippen LogP contribution in [0.25, 0.3) is 0 Å². The average molecular weight is 192 g/mol. The van der Waals surface area contributed by atoms with Gasteiger partial charge in [0, 0.05) is 0 Å². The van der Waals surface area contributed by atoms with Gasteiger partial charge in [0.15, 0.2) is 6.61 Å². The molecular weight excluding hydrogens is 184 g/mol. The molecule has 0 aromatic heterocycles. The van der Waals surface area contributed by atoms with E-state index in [0.29, 0.717) is 0 Å². The van der Waals surface area contributed by atoms with Crippen LogP contribution in [0.1, 0.15) is 6.92 Å². The Morgan fingerprint density at radius 1 is 1.36 bits per heavy atom. The van der Waals surface area contributed by atoms with E-state index in [1.165, 1.54) is 0 Å². The quantitative estimate of drug-likeness (QED) is 0.690. The van der Waals surface area contributed by atoms with E-state index < -0.39 is 21.4 Å². The molecule has 0 aromatic carbocycles. The summed E-state index contributed by atoms with van der Waals surface area (Å²) in [5.41, 5.74) is 0. The van der Waals surface area contributed by atoms with Crippen LogP contribution in [0.2, 0.25) is 0 Å². The maximum atomic E-state index is 11.4. The van der Waals surface area contributed by atoms with Gasteiger partial charge in [0.2, 0.25) is 0 Å². The normalized spacial score (nSPS) is 15.0. The zero-order valence-corrected chi connectivity index (χ0v) is 6.65. The SMILES string of the molecule is CCOP(O)OCC(F)(F)F. The van der Waals surface area contributed by atoms with Gasteiger partial charge in [-0.25, -0.2) is 0 Å². The molecule has 3 nitrogen and oxygen atoms in total. The van der Waals surface area contributed by atoms with E-state index in [-0.39, 0.29) is 6.61 Å². The summed E-state index contributed by atoms with van der Waals surface area (Å²) >= 11 is 0. The van der Waals surface area contributed by atoms with Crippen molar-refractivity contribution >= 4 is 8.60 Å². The molecule has 0 saturated carbocycles. The fourth-order valence-electron chi connectivity index (χ4n) is 0.276. The molecule has 68 valence electrons. The van der Waals surface area contributed by atoms with Gasteiger partial charge in [0.25, 0.3) is 0 Å². The largest absolute Gasteiger partial charge is 0.412 e. The van der Waals surface area contributed by atoms with Crippen LogP contribution in [-0.4, -0.2) is 24.3 Å². The van der Waals surface area contributed by atoms with Crippen molar-refractivity contribution in [2.45, 2.75) is 13.1 Å². The summed E-state index contributed by atoms with van der Waals surface area (Å²) in [6, 6.07) is 0. The van der Waals surface area contributed by atoms with Crippen LogP contribution in [-0.2, 0) is 9.05 Å². The fraction of sp³-hybridized carbons (Fsp3) is 1.00. The zero-order valence-electron chi connectivity index (χ0n) is 5.76. The minimum absolute atomic E-state index is 0.125. The Bertz CT molecular complexity index is 107. The van der Waals surface area contributed by atoms with E-state index in [1.54, 1.807) is 6.92 Å². The number of hydrogen-bond acceptors (Lipinski definition) is 3. The lowest BCUT2D eigenvalue weighted by Crippen LogP contribution is -2.15. The molecule has 0 heterocycles. The number of rotatable bonds is 4. The molecule has 0 aliphatic rings. The second kappa shape index (κ2) is 4.87. The van der Waals surface area contributed by atoms with Crippen molar-refractivity contribution in [2.75, 3.05) is 13.2 Å². The van der Waals surface area contributed by atoms with E-state index in [4.69, 9.17) is 4.89 Å². The molecule has 1 atom stereocenters. The van der Waals surface area contributed by atoms with Crippen molar-refractivity contribution in [1.82, 2.24) is 0 Å². The van der Waals surface area contributed by atoms with Crippen LogP contribution in [0, 0.1) is 0 Å². The highest BCUT2D eigenvalue weighted by molar-refractivity contribution is 7.40. The Kier molecular flexibility index (Phi) is 4.92. The Balaban J connectivity index is 3.38. The molecule has 0 fully saturated rings. The van der Waals surface area contributed by atoms with E-state index in [0.717, 1.165) is 0 Å². The Labute approximate surface area is 63.1 Å². The number of hydrogen-bond donors (Lipinski definition) is 1. The third-order valence-electron chi connectivity index (χ3n) is 0.578. The van der Waals surface area contributed by atoms with Gasteiger partial charge in [-0.1, -0.05) is 0 Å². The topological polar surface area (TPSA) is 38.7 Å². The summed E-state index contributed by atoms with van der Waals surface area (Å²) in [6.45, 7) is 0.192. The third-order valence-corrected chi connectivity index (χ3v) is 1.41. The number of halogens is 3. The molecule has 1 unspecified atom stereocenters. The lowest BCUT2D eigenvalue weighted by molar-refractivity contribution is -0.155. The molecule has 11 heavy (non-hydrogen) atoms. The van der Waals surface area contributed by atoms with Crippen molar-refractivity contribution in [3.8, 4) is 0 Å². The highest BCUT2D eigenvalue weighted by Crippen LogP contribution is 2.34. The maximum absolute atomic E-state index is 11.4. The van der Waals surface area contributed by atoms with Crippen LogP contribution >= 0.6 is 8.60 Å². The summed E-state index contributed by atoms with van der Waals surface area (Å²) in [6.07, 6.45) is -4.42. The minimum Gasteiger partial charge on any atom is -0.328 e. The van der Waals surface area contributed by atoms with Crippen molar-refractivity contribution in [3.05, 3.63) is 0 Å². The second-order valence-electron chi connectivity index (χ2n) is 1.54. The average Bonchev–Trinajstić information content (AvgIpc) is 1.83. The van der Waals surface area contributed by atoms with Gasteiger partial charge < -0.3 is 13.9 Å². The zero-order chi connectivity index (χ0) is 8.91. The van der Waals surface area contributed by atoms with Crippen LogP contribution in [0.3, 0.4) is 0 Å². The highest BCUT2D eigenvalue weighted by atomic mass is 31.2. The first-order chi connectivity index (χ1) is 4.95. The molecule has 7 heteroatoms. The van der Waals surface area contributed by atoms with Crippen molar-refractivity contribution < 1.29 is 27.1 Å². The molecule has 0 spiro atoms. The Morgan fingerprint density at radius 3 is 2.27 bits per heavy atom. The molecule has 0 aliphatic heterocycles. The Morgan fingerprint density at radius 2 is 1.91 bits per heavy atom. The van der Waals surface area contributed by atoms with Gasteiger partial charge in [-0.3, -0.25) is 0 Å². The smallest absolute Gasteiger partial charge is 0.328 e. The van der Waals surface area contributed by atoms with Gasteiger partial charge >= 0.3 is 14.8 Å². The van der Waals surface area contributed by atoms with Crippen molar-refractivity contribution in [1.29, 1.82) is 0 Å². The lowest BCUT2D eigenvalue weighted by atomic mass is 10.7. The molecule has 1 N–H and O–H groups in total. The first-order valence-corrected chi connectivity index (χ1v) is 3.90. The number of alkyl halides is 3. The van der Waals surface area contributed by atoms with E-state index in [1.807, 2.05) is 0 Å². The highest BCUT2D eigenvalue weighted by Gasteiger charge is 2.29. The predicted octanol–water partition coefficient (Wildman–Crippen LogP) is 1.82. The Hall–Kier alpha value is 0.100. The van der Waals surface area contributed by atoms with Gasteiger partial charge in [-0.05, 0) is 6.92 Å². The van der Waals surface area contributed by atoms with Crippen LogP contribution in [0.15, 0.2) is 0 Å². The van der Waals surface area contributed by atoms with Gasteiger partial charge in [0.1, 0.15) is 0 Å². The molecule has 0 saturated heterocycles. The molecule has 0 aromatic rings. The summed E-state index contributed by atoms with van der Waals surface area (Å²) in [7, 11) is -2.36. The molecule has 0 bridgehead atoms. The van der Waals surface area contributed by atoms with Crippen molar-refractivity contribution in [2.24, 2.45) is 0 Å². The van der Waals surface area contributed by atoms with Crippen molar-refractivity contribution in [3.63, 3.8) is 0 Å². The standard InChI is InChI=1S/C4H8F3O3P/c1-2-9-11(8)10-3-4(5,6)7/h8H,2-3H2,1H3. The maximum Gasteiger partial charge on any atom is 0.412 e. The molecule has 0 rings (SSSR count). The summed E-state index contributed by atoms with van der Waals surface area (Å²) in [5.74, 6) is 0. The lowest BCUT2D eigenvalue weighted by Gasteiger charge is -2.10. The van der Waals surface area contributed by atoms with Gasteiger partial charge in [-0.15, -0.1) is 0 Å².